The van der Waals surface area contributed by atoms with Gasteiger partial charge in [-0.1, -0.05) is 46.3 Å². The minimum atomic E-state index is 0.926. The molecule has 0 spiro atoms. The number of nitrogens with zero attached hydrogens (tertiary/aromatic N) is 3. The van der Waals surface area contributed by atoms with Gasteiger partial charge in [-0.25, -0.2) is 9.50 Å². The molecule has 3 nitrogen and oxygen atoms in total. The second-order valence-electron chi connectivity index (χ2n) is 4.08. The van der Waals surface area contributed by atoms with Crippen LogP contribution in [0.3, 0.4) is 0 Å². The summed E-state index contributed by atoms with van der Waals surface area (Å²) < 4.78 is 3.05. The molecule has 0 saturated carbocycles. The topological polar surface area (TPSA) is 30.2 Å². The largest absolute Gasteiger partial charge is 0.217 e. The molecule has 0 N–H and O–H groups in total. The first-order valence-corrected chi connectivity index (χ1v) is 7.41. The van der Waals surface area contributed by atoms with E-state index in [0.717, 1.165) is 32.1 Å². The first kappa shape index (κ1) is 11.9. The molecule has 0 amide bonds. The molecule has 0 saturated heterocycles. The number of aryl methyl sites for hydroxylation is 2. The molecule has 0 fully saturated rings. The van der Waals surface area contributed by atoms with Gasteiger partial charge < -0.3 is 0 Å². The van der Waals surface area contributed by atoms with Crippen LogP contribution in [0, 0.1) is 6.92 Å². The highest BCUT2D eigenvalue weighted by Crippen LogP contribution is 2.28. The van der Waals surface area contributed by atoms with Crippen molar-refractivity contribution in [2.75, 3.05) is 0 Å². The Kier molecular flexibility index (Phi) is 2.95. The molecule has 92 valence electrons. The highest BCUT2D eigenvalue weighted by Gasteiger charge is 2.15. The van der Waals surface area contributed by atoms with Gasteiger partial charge in [0, 0.05) is 10.0 Å². The molecule has 1 aromatic carbocycles. The number of hydrogen-bond acceptors (Lipinski definition) is 3. The number of benzene rings is 1. The number of fused-ring (bicyclic) bond motifs is 1. The van der Waals surface area contributed by atoms with Gasteiger partial charge in [0.1, 0.15) is 5.01 Å². The standard InChI is InChI=1S/C13H12BrN3S/c1-3-11-12(9-4-6-10(14)7-5-9)15-13-17(11)16-8(2)18-13/h4-7H,3H2,1-2H3. The number of imidazole rings is 1. The summed E-state index contributed by atoms with van der Waals surface area (Å²) in [5, 5.41) is 5.56. The van der Waals surface area contributed by atoms with E-state index in [1.54, 1.807) is 11.3 Å². The number of halogens is 1. The average molecular weight is 322 g/mol. The maximum Gasteiger partial charge on any atom is 0.212 e. The predicted octanol–water partition coefficient (Wildman–Crippen LogP) is 4.09. The van der Waals surface area contributed by atoms with Crippen molar-refractivity contribution in [3.05, 3.63) is 39.4 Å². The zero-order valence-electron chi connectivity index (χ0n) is 10.1. The second-order valence-corrected chi connectivity index (χ2v) is 6.16. The van der Waals surface area contributed by atoms with Crippen molar-refractivity contribution in [3.8, 4) is 11.3 Å². The molecule has 2 aromatic heterocycles. The van der Waals surface area contributed by atoms with Gasteiger partial charge in [0.2, 0.25) is 4.96 Å². The van der Waals surface area contributed by atoms with Crippen LogP contribution in [-0.4, -0.2) is 14.6 Å². The van der Waals surface area contributed by atoms with Gasteiger partial charge >= 0.3 is 0 Å². The quantitative estimate of drug-likeness (QED) is 0.711. The summed E-state index contributed by atoms with van der Waals surface area (Å²) in [6, 6.07) is 8.26. The summed E-state index contributed by atoms with van der Waals surface area (Å²) in [7, 11) is 0. The van der Waals surface area contributed by atoms with Crippen molar-refractivity contribution in [1.29, 1.82) is 0 Å². The van der Waals surface area contributed by atoms with Crippen molar-refractivity contribution in [1.82, 2.24) is 14.6 Å². The van der Waals surface area contributed by atoms with Gasteiger partial charge in [0.15, 0.2) is 0 Å². The van der Waals surface area contributed by atoms with Crippen LogP contribution in [0.15, 0.2) is 28.7 Å². The van der Waals surface area contributed by atoms with Crippen molar-refractivity contribution in [2.24, 2.45) is 0 Å². The Morgan fingerprint density at radius 1 is 1.28 bits per heavy atom. The van der Waals surface area contributed by atoms with Crippen molar-refractivity contribution >= 4 is 32.2 Å². The normalized spacial score (nSPS) is 11.3. The molecular weight excluding hydrogens is 310 g/mol. The van der Waals surface area contributed by atoms with Crippen LogP contribution in [0.5, 0.6) is 0 Å². The van der Waals surface area contributed by atoms with E-state index in [9.17, 15) is 0 Å². The van der Waals surface area contributed by atoms with Crippen molar-refractivity contribution < 1.29 is 0 Å². The molecule has 3 aromatic rings. The lowest BCUT2D eigenvalue weighted by Gasteiger charge is -2.01. The molecule has 3 rings (SSSR count). The van der Waals surface area contributed by atoms with Crippen molar-refractivity contribution in [2.45, 2.75) is 20.3 Å². The fourth-order valence-electron chi connectivity index (χ4n) is 2.04. The second kappa shape index (κ2) is 4.48. The van der Waals surface area contributed by atoms with Crippen LogP contribution in [0.1, 0.15) is 17.6 Å². The molecule has 18 heavy (non-hydrogen) atoms. The van der Waals surface area contributed by atoms with Gasteiger partial charge in [0.25, 0.3) is 0 Å². The Hall–Kier alpha value is -1.20. The molecule has 0 atom stereocenters. The Labute approximate surface area is 118 Å². The minimum absolute atomic E-state index is 0.926. The van der Waals surface area contributed by atoms with Crippen LogP contribution in [0.2, 0.25) is 0 Å². The third-order valence-corrected chi connectivity index (χ3v) is 4.20. The lowest BCUT2D eigenvalue weighted by molar-refractivity contribution is 0.868. The lowest BCUT2D eigenvalue weighted by atomic mass is 10.1. The van der Waals surface area contributed by atoms with Crippen LogP contribution in [0.4, 0.5) is 0 Å². The molecule has 0 bridgehead atoms. The lowest BCUT2D eigenvalue weighted by Crippen LogP contribution is -1.93. The Bertz CT molecular complexity index is 697. The molecule has 0 radical (unpaired) electrons. The molecular formula is C13H12BrN3S. The fraction of sp³-hybridized carbons (Fsp3) is 0.231. The molecule has 0 aliphatic carbocycles. The van der Waals surface area contributed by atoms with E-state index in [0.29, 0.717) is 0 Å². The third-order valence-electron chi connectivity index (χ3n) is 2.85. The summed E-state index contributed by atoms with van der Waals surface area (Å²) in [6.45, 7) is 4.15. The molecule has 0 unspecified atom stereocenters. The maximum absolute atomic E-state index is 4.71. The maximum atomic E-state index is 4.71. The number of hydrogen-bond donors (Lipinski definition) is 0. The Balaban J connectivity index is 2.22. The van der Waals surface area contributed by atoms with E-state index < -0.39 is 0 Å². The summed E-state index contributed by atoms with van der Waals surface area (Å²) in [4.78, 5) is 5.68. The van der Waals surface area contributed by atoms with E-state index in [1.165, 1.54) is 5.69 Å². The summed E-state index contributed by atoms with van der Waals surface area (Å²) in [5.41, 5.74) is 3.37. The first-order chi connectivity index (χ1) is 8.69. The minimum Gasteiger partial charge on any atom is -0.217 e. The van der Waals surface area contributed by atoms with Crippen LogP contribution >= 0.6 is 27.3 Å². The highest BCUT2D eigenvalue weighted by atomic mass is 79.9. The van der Waals surface area contributed by atoms with Crippen LogP contribution in [0.25, 0.3) is 16.2 Å². The van der Waals surface area contributed by atoms with E-state index in [4.69, 9.17) is 4.98 Å². The third kappa shape index (κ3) is 1.87. The molecule has 5 heteroatoms. The smallest absolute Gasteiger partial charge is 0.212 e. The Morgan fingerprint density at radius 2 is 2.00 bits per heavy atom. The zero-order chi connectivity index (χ0) is 12.7. The number of rotatable bonds is 2. The van der Waals surface area contributed by atoms with Gasteiger partial charge in [-0.15, -0.1) is 0 Å². The van der Waals surface area contributed by atoms with E-state index >= 15 is 0 Å². The highest BCUT2D eigenvalue weighted by molar-refractivity contribution is 9.10. The van der Waals surface area contributed by atoms with Crippen molar-refractivity contribution in [3.63, 3.8) is 0 Å². The Morgan fingerprint density at radius 3 is 2.67 bits per heavy atom. The van der Waals surface area contributed by atoms with Gasteiger partial charge in [-0.3, -0.25) is 0 Å². The zero-order valence-corrected chi connectivity index (χ0v) is 12.5. The fourth-order valence-corrected chi connectivity index (χ4v) is 3.07. The number of aromatic nitrogens is 3. The summed E-state index contributed by atoms with van der Waals surface area (Å²) in [5.74, 6) is 0. The predicted molar refractivity (Wildman–Crippen MR) is 78.1 cm³/mol. The SMILES string of the molecule is CCc1c(-c2ccc(Br)cc2)nc2sc(C)nn12. The first-order valence-electron chi connectivity index (χ1n) is 5.80. The molecule has 2 heterocycles. The van der Waals surface area contributed by atoms with Crippen LogP contribution < -0.4 is 0 Å². The van der Waals surface area contributed by atoms with Gasteiger partial charge in [0.05, 0.1) is 11.4 Å². The summed E-state index contributed by atoms with van der Waals surface area (Å²) in [6.07, 6.45) is 0.926. The van der Waals surface area contributed by atoms with Crippen LogP contribution in [-0.2, 0) is 6.42 Å². The van der Waals surface area contributed by atoms with Gasteiger partial charge in [-0.05, 0) is 25.5 Å². The monoisotopic (exact) mass is 321 g/mol. The van der Waals surface area contributed by atoms with Gasteiger partial charge in [-0.2, -0.15) is 5.10 Å². The molecule has 0 aliphatic rings. The molecule has 0 aliphatic heterocycles. The average Bonchev–Trinajstić information content (AvgIpc) is 2.85. The summed E-state index contributed by atoms with van der Waals surface area (Å²) >= 11 is 5.09. The van der Waals surface area contributed by atoms with E-state index in [-0.39, 0.29) is 0 Å². The van der Waals surface area contributed by atoms with E-state index in [2.05, 4.69) is 40.1 Å². The van der Waals surface area contributed by atoms with E-state index in [1.807, 2.05) is 23.6 Å².